The highest BCUT2D eigenvalue weighted by Crippen LogP contribution is 2.10. The topological polar surface area (TPSA) is 85.5 Å². The van der Waals surface area contributed by atoms with Crippen LogP contribution in [0.2, 0.25) is 0 Å². The van der Waals surface area contributed by atoms with Crippen LogP contribution in [0.4, 0.5) is 4.39 Å². The smallest absolute Gasteiger partial charge is 0.274 e. The van der Waals surface area contributed by atoms with E-state index >= 15 is 0 Å². The summed E-state index contributed by atoms with van der Waals surface area (Å²) in [4.78, 5) is 11.7. The summed E-state index contributed by atoms with van der Waals surface area (Å²) < 4.78 is 13.6. The molecule has 6 heteroatoms. The molecule has 104 valence electrons. The number of aromatic hydroxyl groups is 1. The molecule has 2 aromatic rings. The van der Waals surface area contributed by atoms with Gasteiger partial charge in [-0.25, -0.2) is 9.82 Å². The largest absolute Gasteiger partial charge is 0.508 e. The minimum absolute atomic E-state index is 0.121. The summed E-state index contributed by atoms with van der Waals surface area (Å²) in [5.74, 6) is -1.38. The van der Waals surface area contributed by atoms with Gasteiger partial charge in [-0.1, -0.05) is 0 Å². The molecule has 0 saturated carbocycles. The van der Waals surface area contributed by atoms with Gasteiger partial charge in [-0.15, -0.1) is 0 Å². The second-order valence-corrected chi connectivity index (χ2v) is 4.10. The molecule has 2 aromatic carbocycles. The van der Waals surface area contributed by atoms with Crippen molar-refractivity contribution in [3.63, 3.8) is 0 Å². The lowest BCUT2D eigenvalue weighted by Crippen LogP contribution is -2.19. The van der Waals surface area contributed by atoms with Gasteiger partial charge in [0.1, 0.15) is 11.6 Å². The molecule has 1 amide bonds. The van der Waals surface area contributed by atoms with Gasteiger partial charge in [0.2, 0.25) is 0 Å². The van der Waals surface area contributed by atoms with Crippen LogP contribution >= 0.6 is 0 Å². The summed E-state index contributed by atoms with van der Waals surface area (Å²) in [6.45, 7) is 0. The fraction of sp³-hybridized carbons (Fsp3) is 0. The molecule has 0 aliphatic heterocycles. The van der Waals surface area contributed by atoms with Crippen LogP contribution in [0.25, 0.3) is 0 Å². The standard InChI is InChI=1S/C15H10FN3O2/c16-14-7-11(8-17)3-6-13(14)15(21)19-18-9-10-1-4-12(20)5-2-10/h1-7,9,20H,(H,19,21)/b18-9-. The molecule has 0 unspecified atom stereocenters. The third-order valence-corrected chi connectivity index (χ3v) is 2.62. The van der Waals surface area contributed by atoms with Crippen molar-refractivity contribution in [1.82, 2.24) is 5.43 Å². The SMILES string of the molecule is N#Cc1ccc(C(=O)N/N=C\c2ccc(O)cc2)c(F)c1. The number of nitriles is 1. The average Bonchev–Trinajstić information content (AvgIpc) is 2.49. The van der Waals surface area contributed by atoms with Crippen molar-refractivity contribution in [3.8, 4) is 11.8 Å². The lowest BCUT2D eigenvalue weighted by atomic mass is 10.1. The number of nitrogens with zero attached hydrogens (tertiary/aromatic N) is 2. The number of nitrogens with one attached hydrogen (secondary N) is 1. The fourth-order valence-corrected chi connectivity index (χ4v) is 1.55. The maximum absolute atomic E-state index is 13.6. The van der Waals surface area contributed by atoms with Crippen molar-refractivity contribution in [2.75, 3.05) is 0 Å². The monoisotopic (exact) mass is 283 g/mol. The van der Waals surface area contributed by atoms with E-state index in [2.05, 4.69) is 10.5 Å². The molecule has 0 aliphatic carbocycles. The van der Waals surface area contributed by atoms with Crippen LogP contribution in [0, 0.1) is 17.1 Å². The first-order valence-electron chi connectivity index (χ1n) is 5.92. The summed E-state index contributed by atoms with van der Waals surface area (Å²) in [5.41, 5.74) is 2.78. The summed E-state index contributed by atoms with van der Waals surface area (Å²) in [6, 6.07) is 11.5. The highest BCUT2D eigenvalue weighted by molar-refractivity contribution is 5.95. The summed E-state index contributed by atoms with van der Waals surface area (Å²) in [6.07, 6.45) is 1.36. The third kappa shape index (κ3) is 3.64. The molecule has 2 N–H and O–H groups in total. The van der Waals surface area contributed by atoms with Gasteiger partial charge in [0.25, 0.3) is 5.91 Å². The number of hydrogen-bond acceptors (Lipinski definition) is 4. The van der Waals surface area contributed by atoms with Crippen molar-refractivity contribution < 1.29 is 14.3 Å². The van der Waals surface area contributed by atoms with Crippen molar-refractivity contribution in [3.05, 3.63) is 65.0 Å². The molecule has 0 radical (unpaired) electrons. The molecular weight excluding hydrogens is 273 g/mol. The van der Waals surface area contributed by atoms with Gasteiger partial charge >= 0.3 is 0 Å². The molecule has 0 aliphatic rings. The number of hydrazone groups is 1. The number of carbonyl (C=O) groups is 1. The lowest BCUT2D eigenvalue weighted by molar-refractivity contribution is 0.0951. The number of phenols is 1. The molecular formula is C15H10FN3O2. The van der Waals surface area contributed by atoms with E-state index in [1.165, 1.54) is 30.5 Å². The Morgan fingerprint density at radius 1 is 1.29 bits per heavy atom. The minimum atomic E-state index is -0.786. The second-order valence-electron chi connectivity index (χ2n) is 4.10. The Morgan fingerprint density at radius 3 is 2.62 bits per heavy atom. The van der Waals surface area contributed by atoms with E-state index in [4.69, 9.17) is 10.4 Å². The number of rotatable bonds is 3. The van der Waals surface area contributed by atoms with Crippen molar-refractivity contribution >= 4 is 12.1 Å². The van der Waals surface area contributed by atoms with Gasteiger partial charge in [0, 0.05) is 0 Å². The van der Waals surface area contributed by atoms with Crippen molar-refractivity contribution in [1.29, 1.82) is 5.26 Å². The number of halogens is 1. The van der Waals surface area contributed by atoms with E-state index in [1.54, 1.807) is 18.2 Å². The van der Waals surface area contributed by atoms with Crippen LogP contribution in [-0.4, -0.2) is 17.2 Å². The molecule has 0 saturated heterocycles. The second kappa shape index (κ2) is 6.30. The average molecular weight is 283 g/mol. The molecule has 5 nitrogen and oxygen atoms in total. The van der Waals surface area contributed by atoms with Gasteiger partial charge in [-0.05, 0) is 48.0 Å². The zero-order chi connectivity index (χ0) is 15.2. The number of hydrogen-bond donors (Lipinski definition) is 2. The Balaban J connectivity index is 2.05. The van der Waals surface area contributed by atoms with E-state index in [0.717, 1.165) is 6.07 Å². The Hall–Kier alpha value is -3.20. The molecule has 0 fully saturated rings. The van der Waals surface area contributed by atoms with Crippen LogP contribution in [0.15, 0.2) is 47.6 Å². The highest BCUT2D eigenvalue weighted by atomic mass is 19.1. The third-order valence-electron chi connectivity index (χ3n) is 2.62. The number of benzene rings is 2. The number of carbonyl (C=O) groups excluding carboxylic acids is 1. The van der Waals surface area contributed by atoms with E-state index < -0.39 is 11.7 Å². The molecule has 21 heavy (non-hydrogen) atoms. The maximum Gasteiger partial charge on any atom is 0.274 e. The van der Waals surface area contributed by atoms with Crippen LogP contribution in [-0.2, 0) is 0 Å². The Kier molecular flexibility index (Phi) is 4.26. The maximum atomic E-state index is 13.6. The van der Waals surface area contributed by atoms with E-state index in [-0.39, 0.29) is 16.9 Å². The van der Waals surface area contributed by atoms with Crippen LogP contribution in [0.3, 0.4) is 0 Å². The van der Waals surface area contributed by atoms with Crippen molar-refractivity contribution in [2.45, 2.75) is 0 Å². The van der Waals surface area contributed by atoms with Crippen LogP contribution in [0.1, 0.15) is 21.5 Å². The normalized spacial score (nSPS) is 10.3. The molecule has 0 bridgehead atoms. The Morgan fingerprint density at radius 2 is 2.00 bits per heavy atom. The summed E-state index contributed by atoms with van der Waals surface area (Å²) in [7, 11) is 0. The van der Waals surface area contributed by atoms with Gasteiger partial charge in [-0.2, -0.15) is 10.4 Å². The minimum Gasteiger partial charge on any atom is -0.508 e. The predicted octanol–water partition coefficient (Wildman–Crippen LogP) is 2.17. The Bertz CT molecular complexity index is 734. The molecule has 0 atom stereocenters. The van der Waals surface area contributed by atoms with Gasteiger partial charge in [0.15, 0.2) is 0 Å². The zero-order valence-electron chi connectivity index (χ0n) is 10.7. The van der Waals surface area contributed by atoms with E-state index in [9.17, 15) is 9.18 Å². The predicted molar refractivity (Wildman–Crippen MR) is 74.3 cm³/mol. The first-order chi connectivity index (χ1) is 10.1. The van der Waals surface area contributed by atoms with Gasteiger partial charge < -0.3 is 5.11 Å². The summed E-state index contributed by atoms with van der Waals surface area (Å²) >= 11 is 0. The zero-order valence-corrected chi connectivity index (χ0v) is 10.7. The van der Waals surface area contributed by atoms with Crippen LogP contribution in [0.5, 0.6) is 5.75 Å². The van der Waals surface area contributed by atoms with E-state index in [0.29, 0.717) is 5.56 Å². The van der Waals surface area contributed by atoms with Crippen molar-refractivity contribution in [2.24, 2.45) is 5.10 Å². The quantitative estimate of drug-likeness (QED) is 0.668. The molecule has 0 spiro atoms. The number of phenolic OH excluding ortho intramolecular Hbond substituents is 1. The fourth-order valence-electron chi connectivity index (χ4n) is 1.55. The first kappa shape index (κ1) is 14.2. The van der Waals surface area contributed by atoms with E-state index in [1.807, 2.05) is 0 Å². The molecule has 0 heterocycles. The number of amides is 1. The molecule has 2 rings (SSSR count). The lowest BCUT2D eigenvalue weighted by Gasteiger charge is -2.01. The molecule has 0 aromatic heterocycles. The van der Waals surface area contributed by atoms with Crippen LogP contribution < -0.4 is 5.43 Å². The van der Waals surface area contributed by atoms with Gasteiger partial charge in [-0.3, -0.25) is 4.79 Å². The first-order valence-corrected chi connectivity index (χ1v) is 5.92. The summed E-state index contributed by atoms with van der Waals surface area (Å²) in [5, 5.41) is 21.4. The highest BCUT2D eigenvalue weighted by Gasteiger charge is 2.11. The van der Waals surface area contributed by atoms with Gasteiger partial charge in [0.05, 0.1) is 23.4 Å². The Labute approximate surface area is 120 Å².